The largest absolute Gasteiger partial charge is 0.356 e. The smallest absolute Gasteiger partial charge is 0.223 e. The van der Waals surface area contributed by atoms with Crippen molar-refractivity contribution in [2.45, 2.75) is 51.5 Å². The van der Waals surface area contributed by atoms with E-state index in [1.807, 2.05) is 0 Å². The third-order valence-electron chi connectivity index (χ3n) is 4.03. The molecule has 1 saturated heterocycles. The first-order valence-electron chi connectivity index (χ1n) is 6.77. The lowest BCUT2D eigenvalue weighted by Gasteiger charge is -2.27. The third kappa shape index (κ3) is 3.21. The van der Waals surface area contributed by atoms with Crippen LogP contribution < -0.4 is 10.6 Å². The molecule has 1 heterocycles. The quantitative estimate of drug-likeness (QED) is 0.766. The number of rotatable bonds is 3. The van der Waals surface area contributed by atoms with E-state index in [9.17, 15) is 4.79 Å². The second kappa shape index (κ2) is 5.67. The summed E-state index contributed by atoms with van der Waals surface area (Å²) in [6.45, 7) is 4.07. The Morgan fingerprint density at radius 2 is 2.06 bits per heavy atom. The van der Waals surface area contributed by atoms with Crippen molar-refractivity contribution in [1.82, 2.24) is 10.6 Å². The molecule has 2 N–H and O–H groups in total. The van der Waals surface area contributed by atoms with Crippen LogP contribution in [0.25, 0.3) is 0 Å². The Kier molecular flexibility index (Phi) is 4.22. The van der Waals surface area contributed by atoms with Crippen LogP contribution in [0.2, 0.25) is 0 Å². The van der Waals surface area contributed by atoms with Crippen LogP contribution in [-0.4, -0.2) is 25.0 Å². The zero-order chi connectivity index (χ0) is 11.4. The molecule has 92 valence electrons. The number of nitrogens with one attached hydrogen (secondary N) is 2. The predicted molar refractivity (Wildman–Crippen MR) is 65.2 cm³/mol. The standard InChI is InChI=1S/C13H24N2O/c1-10-8-12(6-7-14-10)13(16)15-9-11-4-2-3-5-11/h10-12,14H,2-9H2,1H3,(H,15,16). The molecule has 3 nitrogen and oxygen atoms in total. The van der Waals surface area contributed by atoms with Crippen LogP contribution in [0.3, 0.4) is 0 Å². The highest BCUT2D eigenvalue weighted by Gasteiger charge is 2.25. The lowest BCUT2D eigenvalue weighted by Crippen LogP contribution is -2.43. The molecule has 2 aliphatic rings. The van der Waals surface area contributed by atoms with E-state index in [-0.39, 0.29) is 5.92 Å². The van der Waals surface area contributed by atoms with Gasteiger partial charge in [-0.05, 0) is 45.1 Å². The Balaban J connectivity index is 1.70. The van der Waals surface area contributed by atoms with E-state index in [4.69, 9.17) is 0 Å². The normalized spacial score (nSPS) is 31.6. The van der Waals surface area contributed by atoms with Gasteiger partial charge in [0.2, 0.25) is 5.91 Å². The maximum Gasteiger partial charge on any atom is 0.223 e. The Labute approximate surface area is 98.4 Å². The number of hydrogen-bond acceptors (Lipinski definition) is 2. The van der Waals surface area contributed by atoms with Crippen LogP contribution in [0, 0.1) is 11.8 Å². The monoisotopic (exact) mass is 224 g/mol. The highest BCUT2D eigenvalue weighted by Crippen LogP contribution is 2.24. The van der Waals surface area contributed by atoms with Crippen LogP contribution >= 0.6 is 0 Å². The Morgan fingerprint density at radius 1 is 1.31 bits per heavy atom. The number of carbonyl (C=O) groups excluding carboxylic acids is 1. The summed E-state index contributed by atoms with van der Waals surface area (Å²) in [6, 6.07) is 0.496. The molecule has 2 atom stereocenters. The van der Waals surface area contributed by atoms with Crippen LogP contribution in [0.4, 0.5) is 0 Å². The van der Waals surface area contributed by atoms with E-state index < -0.39 is 0 Å². The van der Waals surface area contributed by atoms with Crippen molar-refractivity contribution in [3.63, 3.8) is 0 Å². The van der Waals surface area contributed by atoms with Crippen LogP contribution in [0.15, 0.2) is 0 Å². The first kappa shape index (κ1) is 11.9. The molecule has 1 aliphatic carbocycles. The van der Waals surface area contributed by atoms with E-state index >= 15 is 0 Å². The summed E-state index contributed by atoms with van der Waals surface area (Å²) in [5.74, 6) is 1.29. The molecule has 0 radical (unpaired) electrons. The Bertz CT molecular complexity index is 236. The summed E-state index contributed by atoms with van der Waals surface area (Å²) >= 11 is 0. The molecule has 0 aromatic rings. The maximum atomic E-state index is 12.0. The van der Waals surface area contributed by atoms with Crippen molar-refractivity contribution >= 4 is 5.91 Å². The summed E-state index contributed by atoms with van der Waals surface area (Å²) in [5, 5.41) is 6.53. The van der Waals surface area contributed by atoms with Gasteiger partial charge >= 0.3 is 0 Å². The van der Waals surface area contributed by atoms with Crippen molar-refractivity contribution in [3.05, 3.63) is 0 Å². The van der Waals surface area contributed by atoms with Crippen molar-refractivity contribution in [2.75, 3.05) is 13.1 Å². The zero-order valence-corrected chi connectivity index (χ0v) is 10.3. The fraction of sp³-hybridized carbons (Fsp3) is 0.923. The van der Waals surface area contributed by atoms with Crippen LogP contribution in [-0.2, 0) is 4.79 Å². The van der Waals surface area contributed by atoms with Crippen LogP contribution in [0.1, 0.15) is 45.4 Å². The molecule has 0 bridgehead atoms. The molecule has 2 unspecified atom stereocenters. The van der Waals surface area contributed by atoms with E-state index in [0.29, 0.717) is 11.9 Å². The van der Waals surface area contributed by atoms with Crippen molar-refractivity contribution < 1.29 is 4.79 Å². The first-order valence-corrected chi connectivity index (χ1v) is 6.77. The van der Waals surface area contributed by atoms with Gasteiger partial charge in [0.25, 0.3) is 0 Å². The second-order valence-corrected chi connectivity index (χ2v) is 5.47. The molecule has 0 spiro atoms. The van der Waals surface area contributed by atoms with E-state index in [1.54, 1.807) is 0 Å². The number of piperidine rings is 1. The van der Waals surface area contributed by atoms with Gasteiger partial charge in [0.15, 0.2) is 0 Å². The van der Waals surface area contributed by atoms with Crippen LogP contribution in [0.5, 0.6) is 0 Å². The van der Waals surface area contributed by atoms with Gasteiger partial charge in [0.05, 0.1) is 0 Å². The third-order valence-corrected chi connectivity index (χ3v) is 4.03. The molecule has 16 heavy (non-hydrogen) atoms. The molecule has 1 amide bonds. The summed E-state index contributed by atoms with van der Waals surface area (Å²) in [5.41, 5.74) is 0. The Hall–Kier alpha value is -0.570. The average molecular weight is 224 g/mol. The highest BCUT2D eigenvalue weighted by atomic mass is 16.1. The van der Waals surface area contributed by atoms with Crippen molar-refractivity contribution in [3.8, 4) is 0 Å². The summed E-state index contributed by atoms with van der Waals surface area (Å²) in [4.78, 5) is 12.0. The van der Waals surface area contributed by atoms with Gasteiger partial charge in [-0.3, -0.25) is 4.79 Å². The van der Waals surface area contributed by atoms with E-state index in [2.05, 4.69) is 17.6 Å². The minimum absolute atomic E-state index is 0.248. The summed E-state index contributed by atoms with van der Waals surface area (Å²) in [6.07, 6.45) is 7.32. The van der Waals surface area contributed by atoms with Gasteiger partial charge < -0.3 is 10.6 Å². The molecule has 2 fully saturated rings. The average Bonchev–Trinajstić information content (AvgIpc) is 2.78. The molecule has 3 heteroatoms. The highest BCUT2D eigenvalue weighted by molar-refractivity contribution is 5.78. The van der Waals surface area contributed by atoms with Gasteiger partial charge in [0.1, 0.15) is 0 Å². The molecule has 0 aromatic carbocycles. The first-order chi connectivity index (χ1) is 7.75. The number of hydrogen-bond donors (Lipinski definition) is 2. The summed E-state index contributed by atoms with van der Waals surface area (Å²) < 4.78 is 0. The van der Waals surface area contributed by atoms with Crippen molar-refractivity contribution in [2.24, 2.45) is 11.8 Å². The predicted octanol–water partition coefficient (Wildman–Crippen LogP) is 1.68. The lowest BCUT2D eigenvalue weighted by molar-refractivity contribution is -0.126. The van der Waals surface area contributed by atoms with Gasteiger partial charge in [-0.15, -0.1) is 0 Å². The molecule has 2 rings (SSSR count). The fourth-order valence-corrected chi connectivity index (χ4v) is 2.97. The van der Waals surface area contributed by atoms with E-state index in [0.717, 1.165) is 31.8 Å². The van der Waals surface area contributed by atoms with E-state index in [1.165, 1.54) is 25.7 Å². The van der Waals surface area contributed by atoms with Gasteiger partial charge in [-0.25, -0.2) is 0 Å². The minimum Gasteiger partial charge on any atom is -0.356 e. The van der Waals surface area contributed by atoms with Crippen molar-refractivity contribution in [1.29, 1.82) is 0 Å². The zero-order valence-electron chi connectivity index (χ0n) is 10.3. The number of amides is 1. The maximum absolute atomic E-state index is 12.0. The molecule has 0 aromatic heterocycles. The van der Waals surface area contributed by atoms with Gasteiger partial charge in [-0.2, -0.15) is 0 Å². The SMILES string of the molecule is CC1CC(C(=O)NCC2CCCC2)CCN1. The molecular weight excluding hydrogens is 200 g/mol. The Morgan fingerprint density at radius 3 is 2.75 bits per heavy atom. The molecule has 1 aliphatic heterocycles. The summed E-state index contributed by atoms with van der Waals surface area (Å²) in [7, 11) is 0. The molecule has 1 saturated carbocycles. The number of carbonyl (C=O) groups is 1. The van der Waals surface area contributed by atoms with Gasteiger partial charge in [0, 0.05) is 18.5 Å². The van der Waals surface area contributed by atoms with Gasteiger partial charge in [-0.1, -0.05) is 12.8 Å². The topological polar surface area (TPSA) is 41.1 Å². The fourth-order valence-electron chi connectivity index (χ4n) is 2.97. The second-order valence-electron chi connectivity index (χ2n) is 5.47. The lowest BCUT2D eigenvalue weighted by atomic mass is 9.92. The molecular formula is C13H24N2O. The minimum atomic E-state index is 0.248.